The van der Waals surface area contributed by atoms with Crippen LogP contribution in [0.4, 0.5) is 0 Å². The maximum absolute atomic E-state index is 4.13. The zero-order valence-corrected chi connectivity index (χ0v) is 9.15. The van der Waals surface area contributed by atoms with Gasteiger partial charge in [0.2, 0.25) is 0 Å². The highest BCUT2D eigenvalue weighted by Gasteiger charge is 2.44. The lowest BCUT2D eigenvalue weighted by atomic mass is 9.74. The molecule has 1 aliphatic carbocycles. The third-order valence-corrected chi connectivity index (χ3v) is 4.41. The number of hydrogen-bond donors (Lipinski definition) is 0. The first-order chi connectivity index (χ1) is 5.39. The fourth-order valence-electron chi connectivity index (χ4n) is 2.68. The Labute approximate surface area is 77.1 Å². The van der Waals surface area contributed by atoms with Crippen LogP contribution in [0.2, 0.25) is 0 Å². The lowest BCUT2D eigenvalue weighted by molar-refractivity contribution is 0.269. The highest BCUT2D eigenvalue weighted by molar-refractivity contribution is 5.12. The first-order valence-electron chi connectivity index (χ1n) is 5.05. The molecule has 70 valence electrons. The lowest BCUT2D eigenvalue weighted by Gasteiger charge is -2.31. The van der Waals surface area contributed by atoms with Crippen molar-refractivity contribution in [3.8, 4) is 0 Å². The summed E-state index contributed by atoms with van der Waals surface area (Å²) in [5, 5.41) is 0. The Morgan fingerprint density at radius 1 is 1.33 bits per heavy atom. The monoisotopic (exact) mass is 166 g/mol. The van der Waals surface area contributed by atoms with E-state index in [0.29, 0.717) is 5.41 Å². The van der Waals surface area contributed by atoms with Crippen molar-refractivity contribution in [3.63, 3.8) is 0 Å². The third-order valence-electron chi connectivity index (χ3n) is 4.41. The summed E-state index contributed by atoms with van der Waals surface area (Å²) in [6, 6.07) is 0. The van der Waals surface area contributed by atoms with E-state index in [-0.39, 0.29) is 0 Å². The summed E-state index contributed by atoms with van der Waals surface area (Å²) in [5.74, 6) is 2.51. The molecule has 12 heavy (non-hydrogen) atoms. The molecule has 4 unspecified atom stereocenters. The van der Waals surface area contributed by atoms with Gasteiger partial charge in [-0.2, -0.15) is 0 Å². The van der Waals surface area contributed by atoms with Gasteiger partial charge in [-0.1, -0.05) is 39.8 Å². The van der Waals surface area contributed by atoms with Crippen LogP contribution >= 0.6 is 0 Å². The Morgan fingerprint density at radius 3 is 2.00 bits per heavy atom. The predicted molar refractivity (Wildman–Crippen MR) is 55.0 cm³/mol. The SMILES string of the molecule is C=C(C)C1(C)CC(C)C(C)C1C. The van der Waals surface area contributed by atoms with Crippen molar-refractivity contribution >= 4 is 0 Å². The second-order valence-electron chi connectivity index (χ2n) is 5.03. The molecule has 0 aromatic rings. The zero-order valence-electron chi connectivity index (χ0n) is 9.15. The van der Waals surface area contributed by atoms with E-state index in [2.05, 4.69) is 41.2 Å². The molecule has 0 aliphatic heterocycles. The first-order valence-corrected chi connectivity index (χ1v) is 5.05. The Hall–Kier alpha value is -0.260. The van der Waals surface area contributed by atoms with E-state index in [1.165, 1.54) is 12.0 Å². The number of hydrogen-bond acceptors (Lipinski definition) is 0. The van der Waals surface area contributed by atoms with Gasteiger partial charge in [0.05, 0.1) is 0 Å². The lowest BCUT2D eigenvalue weighted by Crippen LogP contribution is -2.22. The minimum atomic E-state index is 0.402. The van der Waals surface area contributed by atoms with E-state index < -0.39 is 0 Å². The molecule has 1 rings (SSSR count). The Bertz CT molecular complexity index is 192. The van der Waals surface area contributed by atoms with Crippen molar-refractivity contribution in [2.45, 2.75) is 41.0 Å². The van der Waals surface area contributed by atoms with Gasteiger partial charge in [-0.3, -0.25) is 0 Å². The molecular formula is C12H22. The van der Waals surface area contributed by atoms with Crippen LogP contribution in [0.25, 0.3) is 0 Å². The van der Waals surface area contributed by atoms with E-state index in [1.54, 1.807) is 0 Å². The summed E-state index contributed by atoms with van der Waals surface area (Å²) in [6.45, 7) is 15.8. The minimum Gasteiger partial charge on any atom is -0.0996 e. The quantitative estimate of drug-likeness (QED) is 0.519. The standard InChI is InChI=1S/C12H22/c1-8(2)12(6)7-9(3)10(4)11(12)5/h9-11H,1,7H2,2-6H3. The van der Waals surface area contributed by atoms with E-state index in [0.717, 1.165) is 17.8 Å². The molecule has 1 aliphatic rings. The molecule has 0 bridgehead atoms. The normalized spacial score (nSPS) is 47.9. The third kappa shape index (κ3) is 1.22. The van der Waals surface area contributed by atoms with Crippen LogP contribution in [0.1, 0.15) is 41.0 Å². The molecule has 0 aromatic carbocycles. The highest BCUT2D eigenvalue weighted by Crippen LogP contribution is 2.53. The average Bonchev–Trinajstić information content (AvgIpc) is 2.17. The van der Waals surface area contributed by atoms with Crippen molar-refractivity contribution in [1.29, 1.82) is 0 Å². The van der Waals surface area contributed by atoms with Crippen LogP contribution in [-0.2, 0) is 0 Å². The molecule has 0 nitrogen and oxygen atoms in total. The Balaban J connectivity index is 2.89. The van der Waals surface area contributed by atoms with E-state index in [1.807, 2.05) is 0 Å². The minimum absolute atomic E-state index is 0.402. The average molecular weight is 166 g/mol. The Kier molecular flexibility index (Phi) is 2.38. The number of rotatable bonds is 1. The predicted octanol–water partition coefficient (Wildman–Crippen LogP) is 3.88. The molecule has 0 heteroatoms. The van der Waals surface area contributed by atoms with Gasteiger partial charge in [-0.05, 0) is 36.5 Å². The molecule has 0 spiro atoms. The topological polar surface area (TPSA) is 0 Å². The fraction of sp³-hybridized carbons (Fsp3) is 0.833. The van der Waals surface area contributed by atoms with Crippen molar-refractivity contribution in [2.24, 2.45) is 23.2 Å². The van der Waals surface area contributed by atoms with Gasteiger partial charge in [0.25, 0.3) is 0 Å². The largest absolute Gasteiger partial charge is 0.0996 e. The van der Waals surface area contributed by atoms with Crippen molar-refractivity contribution in [3.05, 3.63) is 12.2 Å². The van der Waals surface area contributed by atoms with Crippen LogP contribution in [-0.4, -0.2) is 0 Å². The molecule has 1 fully saturated rings. The molecule has 0 aromatic heterocycles. The van der Waals surface area contributed by atoms with Gasteiger partial charge in [-0.15, -0.1) is 0 Å². The summed E-state index contributed by atoms with van der Waals surface area (Å²) < 4.78 is 0. The van der Waals surface area contributed by atoms with Gasteiger partial charge in [-0.25, -0.2) is 0 Å². The smallest absolute Gasteiger partial charge is 0.00909 e. The molecule has 0 amide bonds. The van der Waals surface area contributed by atoms with Crippen molar-refractivity contribution in [1.82, 2.24) is 0 Å². The van der Waals surface area contributed by atoms with E-state index >= 15 is 0 Å². The second kappa shape index (κ2) is 2.90. The zero-order chi connectivity index (χ0) is 9.52. The molecule has 0 N–H and O–H groups in total. The van der Waals surface area contributed by atoms with Gasteiger partial charge in [0.15, 0.2) is 0 Å². The van der Waals surface area contributed by atoms with Gasteiger partial charge in [0.1, 0.15) is 0 Å². The van der Waals surface area contributed by atoms with E-state index in [9.17, 15) is 0 Å². The summed E-state index contributed by atoms with van der Waals surface area (Å²) >= 11 is 0. The first kappa shape index (κ1) is 9.83. The maximum atomic E-state index is 4.13. The summed E-state index contributed by atoms with van der Waals surface area (Å²) in [7, 11) is 0. The second-order valence-corrected chi connectivity index (χ2v) is 5.03. The molecule has 4 atom stereocenters. The molecular weight excluding hydrogens is 144 g/mol. The van der Waals surface area contributed by atoms with E-state index in [4.69, 9.17) is 0 Å². The van der Waals surface area contributed by atoms with Crippen molar-refractivity contribution < 1.29 is 0 Å². The van der Waals surface area contributed by atoms with Gasteiger partial charge < -0.3 is 0 Å². The van der Waals surface area contributed by atoms with Gasteiger partial charge in [0, 0.05) is 0 Å². The van der Waals surface area contributed by atoms with Crippen LogP contribution in [0.15, 0.2) is 12.2 Å². The number of allylic oxidation sites excluding steroid dienone is 1. The van der Waals surface area contributed by atoms with Crippen LogP contribution in [0.3, 0.4) is 0 Å². The Morgan fingerprint density at radius 2 is 1.83 bits per heavy atom. The van der Waals surface area contributed by atoms with Crippen LogP contribution < -0.4 is 0 Å². The maximum Gasteiger partial charge on any atom is -0.00909 e. The summed E-state index contributed by atoms with van der Waals surface area (Å²) in [6.07, 6.45) is 1.32. The molecule has 0 radical (unpaired) electrons. The van der Waals surface area contributed by atoms with Crippen molar-refractivity contribution in [2.75, 3.05) is 0 Å². The van der Waals surface area contributed by atoms with Gasteiger partial charge >= 0.3 is 0 Å². The molecule has 0 heterocycles. The summed E-state index contributed by atoms with van der Waals surface area (Å²) in [5.41, 5.74) is 1.77. The van der Waals surface area contributed by atoms with Crippen LogP contribution in [0, 0.1) is 23.2 Å². The fourth-order valence-corrected chi connectivity index (χ4v) is 2.68. The molecule has 0 saturated heterocycles. The summed E-state index contributed by atoms with van der Waals surface area (Å²) in [4.78, 5) is 0. The highest BCUT2D eigenvalue weighted by atomic mass is 14.5. The molecule has 1 saturated carbocycles. The van der Waals surface area contributed by atoms with Crippen LogP contribution in [0.5, 0.6) is 0 Å².